The third-order valence-corrected chi connectivity index (χ3v) is 5.65. The van der Waals surface area contributed by atoms with Crippen LogP contribution >= 0.6 is 11.6 Å². The van der Waals surface area contributed by atoms with Crippen molar-refractivity contribution in [3.05, 3.63) is 64.7 Å². The lowest BCUT2D eigenvalue weighted by atomic mass is 9.96. The van der Waals surface area contributed by atoms with Crippen LogP contribution in [-0.4, -0.2) is 56.0 Å². The minimum atomic E-state index is -0.254. The third-order valence-electron chi connectivity index (χ3n) is 5.40. The lowest BCUT2D eigenvalue weighted by Crippen LogP contribution is -2.45. The Balaban J connectivity index is 1.54. The summed E-state index contributed by atoms with van der Waals surface area (Å²) in [5, 5.41) is 6.29. The molecule has 0 bridgehead atoms. The monoisotopic (exact) mass is 457 g/mol. The van der Waals surface area contributed by atoms with Gasteiger partial charge in [-0.15, -0.1) is 0 Å². The molecule has 3 rings (SSSR count). The van der Waals surface area contributed by atoms with Crippen molar-refractivity contribution in [1.82, 2.24) is 10.2 Å². The number of carbonyl (C=O) groups is 3. The summed E-state index contributed by atoms with van der Waals surface area (Å²) < 4.78 is 4.99. The van der Waals surface area contributed by atoms with Crippen LogP contribution in [0.25, 0.3) is 0 Å². The molecular weight excluding hydrogens is 430 g/mol. The number of hydrogen-bond donors (Lipinski definition) is 2. The van der Waals surface area contributed by atoms with Gasteiger partial charge in [0.25, 0.3) is 11.8 Å². The molecule has 0 saturated carbocycles. The van der Waals surface area contributed by atoms with Crippen LogP contribution in [0.1, 0.15) is 40.0 Å². The summed E-state index contributed by atoms with van der Waals surface area (Å²) in [7, 11) is 1.63. The lowest BCUT2D eigenvalue weighted by molar-refractivity contribution is -0.126. The first-order valence-electron chi connectivity index (χ1n) is 10.7. The summed E-state index contributed by atoms with van der Waals surface area (Å²) in [6, 6.07) is 13.4. The maximum Gasteiger partial charge on any atom is 0.255 e. The van der Waals surface area contributed by atoms with Crippen molar-refractivity contribution in [3.8, 4) is 0 Å². The Morgan fingerprint density at radius 2 is 1.75 bits per heavy atom. The topological polar surface area (TPSA) is 87.7 Å². The Bertz CT molecular complexity index is 931. The van der Waals surface area contributed by atoms with E-state index in [1.165, 1.54) is 0 Å². The molecule has 0 radical (unpaired) electrons. The molecule has 7 nitrogen and oxygen atoms in total. The minimum Gasteiger partial charge on any atom is -0.385 e. The smallest absolute Gasteiger partial charge is 0.255 e. The highest BCUT2D eigenvalue weighted by Crippen LogP contribution is 2.20. The molecule has 1 heterocycles. The van der Waals surface area contributed by atoms with E-state index >= 15 is 0 Å². The number of methoxy groups -OCH3 is 1. The van der Waals surface area contributed by atoms with Crippen LogP contribution in [0.15, 0.2) is 48.5 Å². The summed E-state index contributed by atoms with van der Waals surface area (Å²) in [6.07, 6.45) is 2.32. The fourth-order valence-corrected chi connectivity index (χ4v) is 3.76. The number of piperidine rings is 1. The number of benzene rings is 2. The van der Waals surface area contributed by atoms with Gasteiger partial charge in [0.2, 0.25) is 5.91 Å². The summed E-state index contributed by atoms with van der Waals surface area (Å²) >= 11 is 5.85. The van der Waals surface area contributed by atoms with Crippen molar-refractivity contribution in [1.29, 1.82) is 0 Å². The van der Waals surface area contributed by atoms with E-state index < -0.39 is 0 Å². The van der Waals surface area contributed by atoms with Crippen LogP contribution in [0.3, 0.4) is 0 Å². The third kappa shape index (κ3) is 6.55. The Kier molecular flexibility index (Phi) is 8.64. The van der Waals surface area contributed by atoms with Crippen LogP contribution < -0.4 is 10.6 Å². The van der Waals surface area contributed by atoms with Gasteiger partial charge < -0.3 is 20.3 Å². The first kappa shape index (κ1) is 23.8. The molecule has 1 saturated heterocycles. The molecule has 1 aliphatic rings. The zero-order valence-electron chi connectivity index (χ0n) is 18.1. The first-order chi connectivity index (χ1) is 15.5. The second kappa shape index (κ2) is 11.6. The zero-order valence-corrected chi connectivity index (χ0v) is 18.9. The van der Waals surface area contributed by atoms with E-state index in [1.54, 1.807) is 60.5 Å². The molecule has 0 aliphatic carbocycles. The summed E-state index contributed by atoms with van der Waals surface area (Å²) in [5.74, 6) is -0.583. The molecule has 2 N–H and O–H groups in total. The molecular formula is C24H28ClN3O4. The van der Waals surface area contributed by atoms with Gasteiger partial charge in [-0.25, -0.2) is 0 Å². The fraction of sp³-hybridized carbons (Fsp3) is 0.375. The molecule has 2 aromatic rings. The number of halogens is 1. The summed E-state index contributed by atoms with van der Waals surface area (Å²) in [5.41, 5.74) is 1.61. The van der Waals surface area contributed by atoms with Crippen molar-refractivity contribution in [2.45, 2.75) is 19.3 Å². The van der Waals surface area contributed by atoms with E-state index in [4.69, 9.17) is 16.3 Å². The molecule has 2 aromatic carbocycles. The van der Waals surface area contributed by atoms with Gasteiger partial charge in [0, 0.05) is 55.2 Å². The van der Waals surface area contributed by atoms with Crippen LogP contribution in [0.4, 0.5) is 5.69 Å². The molecule has 1 atom stereocenters. The number of nitrogens with zero attached hydrogens (tertiary/aromatic N) is 1. The number of anilines is 1. The highest BCUT2D eigenvalue weighted by atomic mass is 35.5. The number of carbonyl (C=O) groups excluding carboxylic acids is 3. The largest absolute Gasteiger partial charge is 0.385 e. The van der Waals surface area contributed by atoms with Crippen LogP contribution in [0.2, 0.25) is 5.02 Å². The number of amides is 3. The van der Waals surface area contributed by atoms with Gasteiger partial charge in [0.05, 0.1) is 5.92 Å². The van der Waals surface area contributed by atoms with Crippen molar-refractivity contribution >= 4 is 35.0 Å². The Morgan fingerprint density at radius 1 is 1.06 bits per heavy atom. The highest BCUT2D eigenvalue weighted by molar-refractivity contribution is 6.30. The Hall–Kier alpha value is -2.90. The van der Waals surface area contributed by atoms with E-state index in [-0.39, 0.29) is 23.6 Å². The first-order valence-corrected chi connectivity index (χ1v) is 11.1. The van der Waals surface area contributed by atoms with Gasteiger partial charge in [0.1, 0.15) is 0 Å². The van der Waals surface area contributed by atoms with E-state index in [2.05, 4.69) is 10.6 Å². The second-order valence-electron chi connectivity index (χ2n) is 7.77. The molecule has 170 valence electrons. The predicted molar refractivity (Wildman–Crippen MR) is 124 cm³/mol. The average molecular weight is 458 g/mol. The molecule has 0 unspecified atom stereocenters. The number of hydrogen-bond acceptors (Lipinski definition) is 4. The van der Waals surface area contributed by atoms with Crippen molar-refractivity contribution in [3.63, 3.8) is 0 Å². The second-order valence-corrected chi connectivity index (χ2v) is 8.20. The molecule has 3 amide bonds. The molecule has 32 heavy (non-hydrogen) atoms. The average Bonchev–Trinajstić information content (AvgIpc) is 2.82. The van der Waals surface area contributed by atoms with Gasteiger partial charge in [-0.3, -0.25) is 14.4 Å². The minimum absolute atomic E-state index is 0.0149. The molecule has 8 heteroatoms. The van der Waals surface area contributed by atoms with E-state index in [1.807, 2.05) is 0 Å². The fourth-order valence-electron chi connectivity index (χ4n) is 3.63. The standard InChI is InChI=1S/C24H28ClN3O4/c1-32-15-3-13-26-22(29)19-4-2-14-28(16-19)24(31)18-7-11-21(12-8-18)27-23(30)17-5-9-20(25)10-6-17/h5-12,19H,2-4,13-16H2,1H3,(H,26,29)(H,27,30)/t19-/m0/s1. The molecule has 1 aliphatic heterocycles. The van der Waals surface area contributed by atoms with E-state index in [0.717, 1.165) is 19.3 Å². The SMILES string of the molecule is COCCCNC(=O)[C@H]1CCCN(C(=O)c2ccc(NC(=O)c3ccc(Cl)cc3)cc2)C1. The van der Waals surface area contributed by atoms with Crippen LogP contribution in [0, 0.1) is 5.92 Å². The van der Waals surface area contributed by atoms with Crippen molar-refractivity contribution in [2.75, 3.05) is 38.7 Å². The van der Waals surface area contributed by atoms with Crippen LogP contribution in [0.5, 0.6) is 0 Å². The number of rotatable bonds is 8. The van der Waals surface area contributed by atoms with E-state index in [9.17, 15) is 14.4 Å². The maximum atomic E-state index is 12.9. The number of ether oxygens (including phenoxy) is 1. The van der Waals surface area contributed by atoms with E-state index in [0.29, 0.717) is 48.1 Å². The maximum absolute atomic E-state index is 12.9. The van der Waals surface area contributed by atoms with Gasteiger partial charge in [-0.2, -0.15) is 0 Å². The predicted octanol–water partition coefficient (Wildman–Crippen LogP) is 3.60. The summed E-state index contributed by atoms with van der Waals surface area (Å²) in [4.78, 5) is 39.4. The molecule has 0 spiro atoms. The van der Waals surface area contributed by atoms with Crippen molar-refractivity contribution < 1.29 is 19.1 Å². The molecule has 1 fully saturated rings. The lowest BCUT2D eigenvalue weighted by Gasteiger charge is -2.32. The van der Waals surface area contributed by atoms with Gasteiger partial charge >= 0.3 is 0 Å². The van der Waals surface area contributed by atoms with Crippen molar-refractivity contribution in [2.24, 2.45) is 5.92 Å². The summed E-state index contributed by atoms with van der Waals surface area (Å²) in [6.45, 7) is 2.21. The number of likely N-dealkylation sites (tertiary alicyclic amines) is 1. The molecule has 0 aromatic heterocycles. The normalized spacial score (nSPS) is 15.8. The van der Waals surface area contributed by atoms with Crippen LogP contribution in [-0.2, 0) is 9.53 Å². The highest BCUT2D eigenvalue weighted by Gasteiger charge is 2.28. The quantitative estimate of drug-likeness (QED) is 0.593. The van der Waals surface area contributed by atoms with Gasteiger partial charge in [-0.05, 0) is 67.8 Å². The Morgan fingerprint density at radius 3 is 2.44 bits per heavy atom. The Labute approximate surface area is 193 Å². The van der Waals surface area contributed by atoms with Gasteiger partial charge in [-0.1, -0.05) is 11.6 Å². The van der Waals surface area contributed by atoms with Gasteiger partial charge in [0.15, 0.2) is 0 Å². The number of nitrogens with one attached hydrogen (secondary N) is 2. The zero-order chi connectivity index (χ0) is 22.9.